The number of hydrogen-bond donors (Lipinski definition) is 0. The Bertz CT molecular complexity index is 72.5. The molecule has 1 aliphatic rings. The monoisotopic (exact) mass is 130 g/mol. The zero-order valence-electron chi connectivity index (χ0n) is 5.85. The van der Waals surface area contributed by atoms with Crippen LogP contribution >= 0.6 is 11.8 Å². The van der Waals surface area contributed by atoms with Gasteiger partial charge in [-0.05, 0) is 12.3 Å². The zero-order valence-corrected chi connectivity index (χ0v) is 6.66. The lowest BCUT2D eigenvalue weighted by Crippen LogP contribution is -2.28. The first-order valence-corrected chi connectivity index (χ1v) is 4.30. The van der Waals surface area contributed by atoms with Crippen LogP contribution in [-0.2, 0) is 0 Å². The average molecular weight is 130 g/mol. The van der Waals surface area contributed by atoms with Crippen molar-refractivity contribution in [3.05, 3.63) is 0 Å². The van der Waals surface area contributed by atoms with Gasteiger partial charge in [-0.2, -0.15) is 11.8 Å². The van der Waals surface area contributed by atoms with Crippen LogP contribution in [0.25, 0.3) is 0 Å². The number of thioether (sulfide) groups is 1. The maximum atomic E-state index is 2.31. The highest BCUT2D eigenvalue weighted by atomic mass is 32.2. The lowest BCUT2D eigenvalue weighted by atomic mass is 10.1. The summed E-state index contributed by atoms with van der Waals surface area (Å²) in [6.07, 6.45) is 1.45. The first-order valence-electron chi connectivity index (χ1n) is 3.35. The summed E-state index contributed by atoms with van der Waals surface area (Å²) in [7, 11) is 0. The van der Waals surface area contributed by atoms with Crippen LogP contribution in [-0.4, -0.2) is 10.5 Å². The minimum Gasteiger partial charge on any atom is -0.155 e. The molecule has 48 valence electrons. The van der Waals surface area contributed by atoms with Crippen molar-refractivity contribution in [1.82, 2.24) is 0 Å². The van der Waals surface area contributed by atoms with Crippen LogP contribution in [0.15, 0.2) is 0 Å². The Morgan fingerprint density at radius 3 is 2.12 bits per heavy atom. The quantitative estimate of drug-likeness (QED) is 0.525. The molecule has 0 spiro atoms. The van der Waals surface area contributed by atoms with E-state index < -0.39 is 0 Å². The molecular weight excluding hydrogens is 116 g/mol. The Morgan fingerprint density at radius 2 is 2.00 bits per heavy atom. The third kappa shape index (κ3) is 1.19. The fourth-order valence-corrected chi connectivity index (χ4v) is 2.31. The first-order chi connectivity index (χ1) is 3.70. The van der Waals surface area contributed by atoms with Crippen LogP contribution in [0.2, 0.25) is 0 Å². The van der Waals surface area contributed by atoms with E-state index in [9.17, 15) is 0 Å². The van der Waals surface area contributed by atoms with Gasteiger partial charge in [0.15, 0.2) is 0 Å². The van der Waals surface area contributed by atoms with Crippen molar-refractivity contribution in [2.24, 2.45) is 5.92 Å². The van der Waals surface area contributed by atoms with Crippen molar-refractivity contribution in [1.29, 1.82) is 0 Å². The van der Waals surface area contributed by atoms with Gasteiger partial charge in [0, 0.05) is 10.5 Å². The highest BCUT2D eigenvalue weighted by Crippen LogP contribution is 2.40. The maximum absolute atomic E-state index is 2.31. The molecule has 1 saturated heterocycles. The predicted molar refractivity (Wildman–Crippen MR) is 40.3 cm³/mol. The molecule has 0 nitrogen and oxygen atoms in total. The second-order valence-corrected chi connectivity index (χ2v) is 4.65. The molecule has 1 fully saturated rings. The van der Waals surface area contributed by atoms with Crippen molar-refractivity contribution in [2.75, 3.05) is 0 Å². The standard InChI is InChI=1S/C7H14S/c1-5(2)7-4-6(3)8-7/h5-7H,4H2,1-3H3/t6-,7?/m1/s1. The average Bonchev–Trinajstić information content (AvgIpc) is 1.57. The Morgan fingerprint density at radius 1 is 1.50 bits per heavy atom. The summed E-state index contributed by atoms with van der Waals surface area (Å²) in [5.74, 6) is 0.899. The summed E-state index contributed by atoms with van der Waals surface area (Å²) in [5.41, 5.74) is 0. The molecule has 1 rings (SSSR count). The normalized spacial score (nSPS) is 37.5. The smallest absolute Gasteiger partial charge is 0.00831 e. The molecule has 0 radical (unpaired) electrons. The zero-order chi connectivity index (χ0) is 6.15. The first kappa shape index (κ1) is 6.47. The Labute approximate surface area is 56.0 Å². The van der Waals surface area contributed by atoms with Crippen molar-refractivity contribution >= 4 is 11.8 Å². The van der Waals surface area contributed by atoms with Gasteiger partial charge < -0.3 is 0 Å². The lowest BCUT2D eigenvalue weighted by Gasteiger charge is -2.34. The number of rotatable bonds is 1. The van der Waals surface area contributed by atoms with Gasteiger partial charge in [0.2, 0.25) is 0 Å². The second-order valence-electron chi connectivity index (χ2n) is 2.96. The molecule has 1 heterocycles. The van der Waals surface area contributed by atoms with E-state index in [1.807, 2.05) is 0 Å². The van der Waals surface area contributed by atoms with Gasteiger partial charge in [0.1, 0.15) is 0 Å². The largest absolute Gasteiger partial charge is 0.155 e. The molecule has 0 aromatic carbocycles. The minimum absolute atomic E-state index is 0.899. The Hall–Kier alpha value is 0.350. The number of hydrogen-bond acceptors (Lipinski definition) is 1. The highest BCUT2D eigenvalue weighted by molar-refractivity contribution is 8.01. The fourth-order valence-electron chi connectivity index (χ4n) is 1.04. The SMILES string of the molecule is CC(C)C1C[C@@H](C)S1. The van der Waals surface area contributed by atoms with E-state index in [0.29, 0.717) is 0 Å². The Balaban J connectivity index is 2.15. The predicted octanol–water partition coefficient (Wildman–Crippen LogP) is 2.54. The lowest BCUT2D eigenvalue weighted by molar-refractivity contribution is 0.537. The molecule has 2 atom stereocenters. The maximum Gasteiger partial charge on any atom is 0.00831 e. The van der Waals surface area contributed by atoms with Crippen LogP contribution in [0.4, 0.5) is 0 Å². The van der Waals surface area contributed by atoms with Crippen molar-refractivity contribution < 1.29 is 0 Å². The van der Waals surface area contributed by atoms with E-state index in [1.54, 1.807) is 0 Å². The molecule has 0 bridgehead atoms. The van der Waals surface area contributed by atoms with Gasteiger partial charge in [-0.1, -0.05) is 20.8 Å². The second kappa shape index (κ2) is 2.30. The van der Waals surface area contributed by atoms with E-state index in [2.05, 4.69) is 32.5 Å². The fraction of sp³-hybridized carbons (Fsp3) is 1.00. The van der Waals surface area contributed by atoms with E-state index in [-0.39, 0.29) is 0 Å². The van der Waals surface area contributed by atoms with Gasteiger partial charge in [-0.3, -0.25) is 0 Å². The van der Waals surface area contributed by atoms with Gasteiger partial charge in [0.25, 0.3) is 0 Å². The molecule has 1 aliphatic heterocycles. The topological polar surface area (TPSA) is 0 Å². The molecule has 0 amide bonds. The van der Waals surface area contributed by atoms with Crippen molar-refractivity contribution in [3.8, 4) is 0 Å². The van der Waals surface area contributed by atoms with Gasteiger partial charge in [-0.25, -0.2) is 0 Å². The third-order valence-corrected chi connectivity index (χ3v) is 3.46. The van der Waals surface area contributed by atoms with Crippen molar-refractivity contribution in [2.45, 2.75) is 37.7 Å². The van der Waals surface area contributed by atoms with Crippen LogP contribution < -0.4 is 0 Å². The van der Waals surface area contributed by atoms with Crippen molar-refractivity contribution in [3.63, 3.8) is 0 Å². The molecule has 0 aliphatic carbocycles. The van der Waals surface area contributed by atoms with E-state index >= 15 is 0 Å². The molecule has 1 heteroatoms. The third-order valence-electron chi connectivity index (χ3n) is 1.71. The van der Waals surface area contributed by atoms with Gasteiger partial charge in [0.05, 0.1) is 0 Å². The van der Waals surface area contributed by atoms with E-state index in [0.717, 1.165) is 16.4 Å². The molecular formula is C7H14S. The molecule has 8 heavy (non-hydrogen) atoms. The molecule has 0 N–H and O–H groups in total. The molecule has 0 aromatic heterocycles. The summed E-state index contributed by atoms with van der Waals surface area (Å²) in [6, 6.07) is 0. The van der Waals surface area contributed by atoms with E-state index in [4.69, 9.17) is 0 Å². The summed E-state index contributed by atoms with van der Waals surface area (Å²) in [4.78, 5) is 0. The summed E-state index contributed by atoms with van der Waals surface area (Å²) in [5, 5.41) is 1.92. The van der Waals surface area contributed by atoms with Crippen LogP contribution in [0.5, 0.6) is 0 Å². The highest BCUT2D eigenvalue weighted by Gasteiger charge is 2.27. The van der Waals surface area contributed by atoms with E-state index in [1.165, 1.54) is 6.42 Å². The molecule has 0 aromatic rings. The Kier molecular flexibility index (Phi) is 1.86. The van der Waals surface area contributed by atoms with Gasteiger partial charge >= 0.3 is 0 Å². The summed E-state index contributed by atoms with van der Waals surface area (Å²) >= 11 is 2.14. The van der Waals surface area contributed by atoms with Crippen LogP contribution in [0, 0.1) is 5.92 Å². The summed E-state index contributed by atoms with van der Waals surface area (Å²) < 4.78 is 0. The molecule has 0 saturated carbocycles. The summed E-state index contributed by atoms with van der Waals surface area (Å²) in [6.45, 7) is 6.93. The van der Waals surface area contributed by atoms with Crippen LogP contribution in [0.1, 0.15) is 27.2 Å². The van der Waals surface area contributed by atoms with Crippen LogP contribution in [0.3, 0.4) is 0 Å². The minimum atomic E-state index is 0.899. The molecule has 1 unspecified atom stereocenters. The van der Waals surface area contributed by atoms with Gasteiger partial charge in [-0.15, -0.1) is 0 Å².